The number of amides is 1. The van der Waals surface area contributed by atoms with Crippen molar-refractivity contribution in [3.05, 3.63) is 79.8 Å². The first-order chi connectivity index (χ1) is 19.3. The average Bonchev–Trinajstić information content (AvgIpc) is 2.93. The smallest absolute Gasteiger partial charge is 0.250 e. The van der Waals surface area contributed by atoms with Crippen molar-refractivity contribution in [3.63, 3.8) is 0 Å². The lowest BCUT2D eigenvalue weighted by Gasteiger charge is -2.42. The van der Waals surface area contributed by atoms with Crippen molar-refractivity contribution < 1.29 is 28.5 Å². The van der Waals surface area contributed by atoms with Crippen molar-refractivity contribution in [2.75, 3.05) is 33.4 Å². The minimum atomic E-state index is -0.866. The second kappa shape index (κ2) is 10.4. The van der Waals surface area contributed by atoms with E-state index in [9.17, 15) is 19.5 Å². The number of piperidine rings is 1. The van der Waals surface area contributed by atoms with Crippen molar-refractivity contribution in [1.29, 1.82) is 0 Å². The summed E-state index contributed by atoms with van der Waals surface area (Å²) in [6.45, 7) is 3.13. The van der Waals surface area contributed by atoms with Gasteiger partial charge in [0.1, 0.15) is 19.0 Å². The van der Waals surface area contributed by atoms with Crippen LogP contribution in [0.15, 0.2) is 50.4 Å². The maximum atomic E-state index is 12.9. The predicted octanol–water partition coefficient (Wildman–Crippen LogP) is 1.91. The van der Waals surface area contributed by atoms with Crippen LogP contribution in [0.3, 0.4) is 0 Å². The highest BCUT2D eigenvalue weighted by atomic mass is 16.6. The largest absolute Gasteiger partial charge is 0.502 e. The topological polar surface area (TPSA) is 146 Å². The number of methoxy groups -OCH3 is 1. The minimum absolute atomic E-state index is 0.0195. The van der Waals surface area contributed by atoms with Gasteiger partial charge in [0.2, 0.25) is 22.8 Å². The van der Waals surface area contributed by atoms with E-state index in [-0.39, 0.29) is 23.7 Å². The normalized spacial score (nSPS) is 20.4. The summed E-state index contributed by atoms with van der Waals surface area (Å²) in [7, 11) is 1.49. The summed E-state index contributed by atoms with van der Waals surface area (Å²) in [6.07, 6.45) is 0.777. The van der Waals surface area contributed by atoms with Crippen molar-refractivity contribution in [3.8, 4) is 23.0 Å². The summed E-state index contributed by atoms with van der Waals surface area (Å²) in [5.74, 6) is -0.0252. The number of aromatic hydroxyl groups is 1. The molecule has 1 aromatic carbocycles. The Bertz CT molecular complexity index is 1560. The fourth-order valence-corrected chi connectivity index (χ4v) is 6.27. The third kappa shape index (κ3) is 4.81. The van der Waals surface area contributed by atoms with Gasteiger partial charge in [-0.25, -0.2) is 0 Å². The molecule has 0 aliphatic carbocycles. The van der Waals surface area contributed by atoms with Gasteiger partial charge in [-0.3, -0.25) is 19.3 Å². The zero-order valence-corrected chi connectivity index (χ0v) is 22.1. The number of rotatable bonds is 7. The molecule has 0 radical (unpaired) electrons. The second-order valence-corrected chi connectivity index (χ2v) is 10.7. The number of pyridine rings is 1. The maximum absolute atomic E-state index is 12.9. The molecule has 0 spiro atoms. The Labute approximate surface area is 229 Å². The monoisotopic (exact) mass is 549 g/mol. The van der Waals surface area contributed by atoms with Gasteiger partial charge >= 0.3 is 0 Å². The van der Waals surface area contributed by atoms with Gasteiger partial charge in [-0.2, -0.15) is 0 Å². The van der Waals surface area contributed by atoms with Crippen LogP contribution in [-0.2, 0) is 17.9 Å². The number of fused-ring (bicyclic) bond motifs is 5. The molecule has 3 aromatic rings. The quantitative estimate of drug-likeness (QED) is 0.451. The highest BCUT2D eigenvalue weighted by molar-refractivity contribution is 5.75. The van der Waals surface area contributed by atoms with Gasteiger partial charge in [0.05, 0.1) is 19.6 Å². The summed E-state index contributed by atoms with van der Waals surface area (Å²) < 4.78 is 24.9. The molecule has 11 nitrogen and oxygen atoms in total. The Morgan fingerprint density at radius 3 is 2.77 bits per heavy atom. The highest BCUT2D eigenvalue weighted by Gasteiger charge is 2.35. The zero-order chi connectivity index (χ0) is 28.0. The first-order valence-electron chi connectivity index (χ1n) is 13.3. The van der Waals surface area contributed by atoms with E-state index >= 15 is 0 Å². The van der Waals surface area contributed by atoms with Crippen molar-refractivity contribution in [2.45, 2.75) is 37.8 Å². The first-order valence-corrected chi connectivity index (χ1v) is 13.3. The highest BCUT2D eigenvalue weighted by Crippen LogP contribution is 2.44. The summed E-state index contributed by atoms with van der Waals surface area (Å²) in [5, 5.41) is 10.8. The number of hydrogen-bond acceptors (Lipinski definition) is 9. The number of nitrogens with two attached hydrogens (primary N) is 1. The molecule has 3 aliphatic rings. The lowest BCUT2D eigenvalue weighted by molar-refractivity contribution is -0.118. The minimum Gasteiger partial charge on any atom is -0.502 e. The number of ether oxygens (including phenoxy) is 3. The lowest BCUT2D eigenvalue weighted by atomic mass is 9.83. The molecule has 1 fully saturated rings. The number of carbonyl (C=O) groups excluding carboxylic acids is 1. The van der Waals surface area contributed by atoms with Crippen LogP contribution in [0.25, 0.3) is 0 Å². The van der Waals surface area contributed by atoms with Crippen LogP contribution in [0.1, 0.15) is 47.5 Å². The Morgan fingerprint density at radius 2 is 1.98 bits per heavy atom. The van der Waals surface area contributed by atoms with E-state index in [0.29, 0.717) is 67.3 Å². The van der Waals surface area contributed by atoms with Crippen molar-refractivity contribution >= 4 is 5.91 Å². The fraction of sp³-hybridized carbons (Fsp3) is 0.414. The van der Waals surface area contributed by atoms with Crippen LogP contribution in [0.2, 0.25) is 0 Å². The predicted molar refractivity (Wildman–Crippen MR) is 143 cm³/mol. The fourth-order valence-electron chi connectivity index (χ4n) is 6.27. The number of hydrogen-bond donors (Lipinski definition) is 2. The summed E-state index contributed by atoms with van der Waals surface area (Å²) >= 11 is 0. The van der Waals surface area contributed by atoms with E-state index in [1.54, 1.807) is 24.3 Å². The molecule has 210 valence electrons. The number of benzene rings is 1. The number of nitrogens with zero attached hydrogens (tertiary/aromatic N) is 2. The van der Waals surface area contributed by atoms with Gasteiger partial charge in [0.15, 0.2) is 17.3 Å². The molecule has 1 amide bonds. The second-order valence-electron chi connectivity index (χ2n) is 10.7. The maximum Gasteiger partial charge on any atom is 0.250 e. The standard InChI is InChI=1S/C29H31N3O8/c1-37-23-8-17(9-24-29(23)39-6-5-38-24)20(11-25(30)34)28-27(36)22(33)10-19(40-28)15-31-12-16-7-18(14-31)21-3-2-4-26(35)32(21)13-16/h2-4,8-10,16,18,20,36H,5-7,11-15H2,1H3,(H2,30,34). The molecule has 2 aromatic heterocycles. The molecule has 3 N–H and O–H groups in total. The molecule has 40 heavy (non-hydrogen) atoms. The van der Waals surface area contributed by atoms with Gasteiger partial charge in [0.25, 0.3) is 5.56 Å². The Hall–Kier alpha value is -4.25. The van der Waals surface area contributed by atoms with Crippen molar-refractivity contribution in [1.82, 2.24) is 9.47 Å². The van der Waals surface area contributed by atoms with Crippen LogP contribution in [-0.4, -0.2) is 53.9 Å². The molecular formula is C29H31N3O8. The average molecular weight is 550 g/mol. The number of likely N-dealkylation sites (tertiary alicyclic amines) is 1. The van der Waals surface area contributed by atoms with E-state index < -0.39 is 23.0 Å². The molecule has 3 atom stereocenters. The Morgan fingerprint density at radius 1 is 1.15 bits per heavy atom. The third-order valence-corrected chi connectivity index (χ3v) is 7.91. The third-order valence-electron chi connectivity index (χ3n) is 7.91. The van der Waals surface area contributed by atoms with Crippen LogP contribution < -0.4 is 30.9 Å². The zero-order valence-electron chi connectivity index (χ0n) is 22.1. The van der Waals surface area contributed by atoms with Crippen LogP contribution >= 0.6 is 0 Å². The van der Waals surface area contributed by atoms with Gasteiger partial charge in [-0.05, 0) is 36.1 Å². The van der Waals surface area contributed by atoms with Gasteiger partial charge in [-0.1, -0.05) is 6.07 Å². The molecule has 1 saturated heterocycles. The van der Waals surface area contributed by atoms with E-state index in [2.05, 4.69) is 4.90 Å². The van der Waals surface area contributed by atoms with E-state index in [4.69, 9.17) is 24.4 Å². The molecule has 11 heteroatoms. The first kappa shape index (κ1) is 26.0. The molecular weight excluding hydrogens is 518 g/mol. The Balaban J connectivity index is 1.33. The molecule has 2 bridgehead atoms. The molecule has 3 unspecified atom stereocenters. The molecule has 3 aliphatic heterocycles. The lowest BCUT2D eigenvalue weighted by Crippen LogP contribution is -2.46. The Kier molecular flexibility index (Phi) is 6.75. The molecule has 5 heterocycles. The SMILES string of the molecule is COc1cc(C(CC(N)=O)c2oc(CN3CC4CC(C3)c3cccc(=O)n3C4)cc(=O)c2O)cc2c1OCCO2. The van der Waals surface area contributed by atoms with E-state index in [1.165, 1.54) is 13.2 Å². The van der Waals surface area contributed by atoms with Crippen LogP contribution in [0, 0.1) is 5.92 Å². The van der Waals surface area contributed by atoms with Crippen LogP contribution in [0.4, 0.5) is 0 Å². The molecule has 0 saturated carbocycles. The summed E-state index contributed by atoms with van der Waals surface area (Å²) in [4.78, 5) is 39.6. The van der Waals surface area contributed by atoms with Gasteiger partial charge in [-0.15, -0.1) is 0 Å². The molecule has 6 rings (SSSR count). The van der Waals surface area contributed by atoms with Crippen LogP contribution in [0.5, 0.6) is 23.0 Å². The number of carbonyl (C=O) groups is 1. The number of primary amides is 1. The number of aromatic nitrogens is 1. The summed E-state index contributed by atoms with van der Waals surface area (Å²) in [6, 6.07) is 10.0. The summed E-state index contributed by atoms with van der Waals surface area (Å²) in [5.41, 5.74) is 6.55. The van der Waals surface area contributed by atoms with E-state index in [0.717, 1.165) is 18.7 Å². The van der Waals surface area contributed by atoms with Crippen molar-refractivity contribution in [2.24, 2.45) is 11.7 Å². The van der Waals surface area contributed by atoms with E-state index in [1.807, 2.05) is 10.6 Å². The van der Waals surface area contributed by atoms with Gasteiger partial charge < -0.3 is 34.0 Å². The van der Waals surface area contributed by atoms with Gasteiger partial charge in [0, 0.05) is 49.8 Å².